The van der Waals surface area contributed by atoms with Crippen LogP contribution >= 0.6 is 0 Å². The summed E-state index contributed by atoms with van der Waals surface area (Å²) in [5.74, 6) is -1.55. The molecule has 1 aliphatic carbocycles. The van der Waals surface area contributed by atoms with E-state index < -0.39 is 17.4 Å². The molecule has 0 N–H and O–H groups in total. The second-order valence-corrected chi connectivity index (χ2v) is 7.54. The van der Waals surface area contributed by atoms with Crippen LogP contribution in [0.3, 0.4) is 0 Å². The molecule has 0 spiro atoms. The van der Waals surface area contributed by atoms with Gasteiger partial charge in [-0.3, -0.25) is 4.79 Å². The summed E-state index contributed by atoms with van der Waals surface area (Å²) in [5, 5.41) is 0. The first-order chi connectivity index (χ1) is 14.1. The number of carbonyl (C=O) groups excluding carboxylic acids is 1. The first-order valence-corrected chi connectivity index (χ1v) is 10.4. The van der Waals surface area contributed by atoms with Crippen molar-refractivity contribution in [3.05, 3.63) is 53.6 Å². The zero-order chi connectivity index (χ0) is 20.6. The average Bonchev–Trinajstić information content (AvgIpc) is 3.20. The van der Waals surface area contributed by atoms with Gasteiger partial charge in [0.25, 0.3) is 0 Å². The number of carbonyl (C=O) groups is 1. The average molecular weight is 402 g/mol. The van der Waals surface area contributed by atoms with Gasteiger partial charge in [-0.15, -0.1) is 0 Å². The van der Waals surface area contributed by atoms with Crippen LogP contribution < -0.4 is 4.74 Å². The van der Waals surface area contributed by atoms with E-state index in [1.54, 1.807) is 6.92 Å². The van der Waals surface area contributed by atoms with Gasteiger partial charge in [0, 0.05) is 6.42 Å². The number of rotatable bonds is 9. The van der Waals surface area contributed by atoms with Crippen LogP contribution in [0.5, 0.6) is 5.75 Å². The quantitative estimate of drug-likeness (QED) is 0.376. The molecule has 1 fully saturated rings. The van der Waals surface area contributed by atoms with Crippen molar-refractivity contribution in [1.82, 2.24) is 0 Å². The molecule has 2 aromatic rings. The number of benzene rings is 2. The van der Waals surface area contributed by atoms with E-state index in [0.717, 1.165) is 17.5 Å². The van der Waals surface area contributed by atoms with Crippen LogP contribution in [0, 0.1) is 17.6 Å². The predicted octanol–water partition coefficient (Wildman–Crippen LogP) is 6.09. The van der Waals surface area contributed by atoms with Crippen molar-refractivity contribution in [2.24, 2.45) is 5.92 Å². The molecule has 1 aliphatic rings. The standard InChI is InChI=1S/C24H28F2O3/c1-2-28-23(27)12-7-13-29-24-21(25)15-19(16-22(24)26)20-11-6-5-10-18(20)14-17-8-3-4-9-17/h5-6,10-11,15-17H,2-4,7-9,12-14H2,1H3. The summed E-state index contributed by atoms with van der Waals surface area (Å²) in [6.07, 6.45) is 6.39. The highest BCUT2D eigenvalue weighted by molar-refractivity contribution is 5.69. The largest absolute Gasteiger partial charge is 0.488 e. The van der Waals surface area contributed by atoms with Crippen LogP contribution in [0.25, 0.3) is 11.1 Å². The van der Waals surface area contributed by atoms with E-state index in [1.165, 1.54) is 37.8 Å². The lowest BCUT2D eigenvalue weighted by atomic mass is 9.91. The third-order valence-electron chi connectivity index (χ3n) is 5.39. The molecule has 5 heteroatoms. The van der Waals surface area contributed by atoms with Gasteiger partial charge in [-0.2, -0.15) is 0 Å². The van der Waals surface area contributed by atoms with Crippen LogP contribution in [0.15, 0.2) is 36.4 Å². The second kappa shape index (κ2) is 10.4. The van der Waals surface area contributed by atoms with Crippen molar-refractivity contribution >= 4 is 5.97 Å². The Bertz CT molecular complexity index is 806. The zero-order valence-corrected chi connectivity index (χ0v) is 16.9. The number of ether oxygens (including phenoxy) is 2. The fourth-order valence-electron chi connectivity index (χ4n) is 3.98. The van der Waals surface area contributed by atoms with Crippen molar-refractivity contribution in [2.45, 2.75) is 51.9 Å². The number of halogens is 2. The van der Waals surface area contributed by atoms with Crippen LogP contribution in [0.1, 0.15) is 51.0 Å². The molecule has 0 bridgehead atoms. The lowest BCUT2D eigenvalue weighted by molar-refractivity contribution is -0.143. The minimum atomic E-state index is -0.730. The Hall–Kier alpha value is -2.43. The summed E-state index contributed by atoms with van der Waals surface area (Å²) in [5.41, 5.74) is 2.51. The molecule has 3 rings (SSSR count). The van der Waals surface area contributed by atoms with E-state index in [1.807, 2.05) is 24.3 Å². The smallest absolute Gasteiger partial charge is 0.305 e. The molecule has 156 valence electrons. The maximum absolute atomic E-state index is 14.6. The van der Waals surface area contributed by atoms with Crippen molar-refractivity contribution < 1.29 is 23.0 Å². The van der Waals surface area contributed by atoms with E-state index in [0.29, 0.717) is 24.5 Å². The highest BCUT2D eigenvalue weighted by Gasteiger charge is 2.19. The Labute approximate surface area is 171 Å². The van der Waals surface area contributed by atoms with Gasteiger partial charge >= 0.3 is 5.97 Å². The second-order valence-electron chi connectivity index (χ2n) is 7.54. The Kier molecular flexibility index (Phi) is 7.62. The molecule has 0 saturated heterocycles. The molecule has 29 heavy (non-hydrogen) atoms. The summed E-state index contributed by atoms with van der Waals surface area (Å²) in [6, 6.07) is 10.5. The van der Waals surface area contributed by atoms with E-state index in [9.17, 15) is 13.6 Å². The fraction of sp³-hybridized carbons (Fsp3) is 0.458. The topological polar surface area (TPSA) is 35.5 Å². The summed E-state index contributed by atoms with van der Waals surface area (Å²) < 4.78 is 39.3. The summed E-state index contributed by atoms with van der Waals surface area (Å²) in [4.78, 5) is 11.3. The van der Waals surface area contributed by atoms with Crippen LogP contribution in [-0.2, 0) is 16.0 Å². The highest BCUT2D eigenvalue weighted by atomic mass is 19.1. The molecule has 1 saturated carbocycles. The molecule has 0 unspecified atom stereocenters. The molecular formula is C24H28F2O3. The lowest BCUT2D eigenvalue weighted by Gasteiger charge is -2.15. The minimum Gasteiger partial charge on any atom is -0.488 e. The molecule has 2 aromatic carbocycles. The van der Waals surface area contributed by atoms with Gasteiger partial charge in [0.1, 0.15) is 0 Å². The lowest BCUT2D eigenvalue weighted by Crippen LogP contribution is -2.08. The maximum atomic E-state index is 14.6. The first-order valence-electron chi connectivity index (χ1n) is 10.4. The molecule has 0 aliphatic heterocycles. The van der Waals surface area contributed by atoms with Gasteiger partial charge in [-0.1, -0.05) is 49.9 Å². The third-order valence-corrected chi connectivity index (χ3v) is 5.39. The van der Waals surface area contributed by atoms with Gasteiger partial charge < -0.3 is 9.47 Å². The van der Waals surface area contributed by atoms with Crippen molar-refractivity contribution in [1.29, 1.82) is 0 Å². The SMILES string of the molecule is CCOC(=O)CCCOc1c(F)cc(-c2ccccc2CC2CCCC2)cc1F. The van der Waals surface area contributed by atoms with Gasteiger partial charge in [0.15, 0.2) is 17.4 Å². The van der Waals surface area contributed by atoms with Crippen molar-refractivity contribution in [2.75, 3.05) is 13.2 Å². The van der Waals surface area contributed by atoms with Crippen molar-refractivity contribution in [3.63, 3.8) is 0 Å². The van der Waals surface area contributed by atoms with E-state index >= 15 is 0 Å². The summed E-state index contributed by atoms with van der Waals surface area (Å²) >= 11 is 0. The molecule has 0 radical (unpaired) electrons. The minimum absolute atomic E-state index is 0.0459. The molecule has 3 nitrogen and oxygen atoms in total. The molecule has 0 atom stereocenters. The Balaban J connectivity index is 1.70. The Morgan fingerprint density at radius 2 is 1.79 bits per heavy atom. The predicted molar refractivity (Wildman–Crippen MR) is 109 cm³/mol. The number of hydrogen-bond donors (Lipinski definition) is 0. The Morgan fingerprint density at radius 1 is 1.10 bits per heavy atom. The number of esters is 1. The fourth-order valence-corrected chi connectivity index (χ4v) is 3.98. The molecule has 0 heterocycles. The summed E-state index contributed by atoms with van der Waals surface area (Å²) in [7, 11) is 0. The van der Waals surface area contributed by atoms with E-state index in [4.69, 9.17) is 9.47 Å². The molecular weight excluding hydrogens is 374 g/mol. The first kappa shape index (κ1) is 21.3. The van der Waals surface area contributed by atoms with E-state index in [2.05, 4.69) is 0 Å². The molecule has 0 aromatic heterocycles. The normalized spacial score (nSPS) is 14.2. The van der Waals surface area contributed by atoms with E-state index in [-0.39, 0.29) is 19.0 Å². The monoisotopic (exact) mass is 402 g/mol. The van der Waals surface area contributed by atoms with Gasteiger partial charge in [0.05, 0.1) is 13.2 Å². The zero-order valence-electron chi connectivity index (χ0n) is 16.9. The Morgan fingerprint density at radius 3 is 2.48 bits per heavy atom. The van der Waals surface area contributed by atoms with Crippen molar-refractivity contribution in [3.8, 4) is 16.9 Å². The highest BCUT2D eigenvalue weighted by Crippen LogP contribution is 2.34. The van der Waals surface area contributed by atoms with Gasteiger partial charge in [-0.05, 0) is 54.5 Å². The third kappa shape index (κ3) is 5.78. The summed E-state index contributed by atoms with van der Waals surface area (Å²) in [6.45, 7) is 2.09. The number of hydrogen-bond acceptors (Lipinski definition) is 3. The van der Waals surface area contributed by atoms with Gasteiger partial charge in [-0.25, -0.2) is 8.78 Å². The van der Waals surface area contributed by atoms with Gasteiger partial charge in [0.2, 0.25) is 0 Å². The van der Waals surface area contributed by atoms with Crippen LogP contribution in [-0.4, -0.2) is 19.2 Å². The van der Waals surface area contributed by atoms with Crippen LogP contribution in [0.2, 0.25) is 0 Å². The maximum Gasteiger partial charge on any atom is 0.305 e. The van der Waals surface area contributed by atoms with Crippen LogP contribution in [0.4, 0.5) is 8.78 Å². The molecule has 0 amide bonds.